The molecule has 0 radical (unpaired) electrons. The number of aromatic nitrogens is 2. The first-order valence-corrected chi connectivity index (χ1v) is 12.5. The highest BCUT2D eigenvalue weighted by atomic mass is 32.1. The first kappa shape index (κ1) is 22.7. The molecule has 2 aliphatic rings. The lowest BCUT2D eigenvalue weighted by atomic mass is 10.0. The van der Waals surface area contributed by atoms with Crippen molar-refractivity contribution in [2.45, 2.75) is 12.1 Å². The molecular formula is C28H26FN5OS. The minimum Gasteiger partial charge on any atom is -0.378 e. The molecule has 0 bridgehead atoms. The molecule has 4 heterocycles. The van der Waals surface area contributed by atoms with Gasteiger partial charge in [-0.15, -0.1) is 0 Å². The summed E-state index contributed by atoms with van der Waals surface area (Å²) in [7, 11) is 0. The maximum absolute atomic E-state index is 13.7. The van der Waals surface area contributed by atoms with Crippen LogP contribution in [0.5, 0.6) is 0 Å². The van der Waals surface area contributed by atoms with E-state index in [0.29, 0.717) is 5.11 Å². The van der Waals surface area contributed by atoms with Gasteiger partial charge in [-0.3, -0.25) is 4.98 Å². The average molecular weight is 500 g/mol. The molecule has 2 saturated heterocycles. The van der Waals surface area contributed by atoms with Crippen LogP contribution >= 0.6 is 12.2 Å². The number of hydrogen-bond acceptors (Lipinski definition) is 4. The molecule has 4 aromatic rings. The highest BCUT2D eigenvalue weighted by molar-refractivity contribution is 7.80. The highest BCUT2D eigenvalue weighted by Crippen LogP contribution is 2.42. The van der Waals surface area contributed by atoms with Gasteiger partial charge in [0.1, 0.15) is 11.9 Å². The standard InChI is InChI=1S/C28H26FN5OS/c29-20-6-8-22(9-7-20)33-15-3-5-25(33)27-26(24-4-1-2-14-30-24)31-28(36)34(27)23-12-10-21(11-13-23)32-16-18-35-19-17-32/h1-15,26-27H,16-19H2,(H,31,36)/t26-,27+/m1/s1. The Bertz CT molecular complexity index is 1340. The molecule has 6 rings (SSSR count). The molecule has 0 aliphatic carbocycles. The van der Waals surface area contributed by atoms with Crippen molar-refractivity contribution in [3.63, 3.8) is 0 Å². The van der Waals surface area contributed by atoms with Crippen LogP contribution in [0.4, 0.5) is 15.8 Å². The monoisotopic (exact) mass is 499 g/mol. The molecular weight excluding hydrogens is 473 g/mol. The number of morpholine rings is 1. The van der Waals surface area contributed by atoms with Crippen molar-refractivity contribution in [2.75, 3.05) is 36.1 Å². The van der Waals surface area contributed by atoms with E-state index in [-0.39, 0.29) is 17.9 Å². The van der Waals surface area contributed by atoms with E-state index in [4.69, 9.17) is 17.0 Å². The lowest BCUT2D eigenvalue weighted by Crippen LogP contribution is -2.36. The first-order valence-electron chi connectivity index (χ1n) is 12.1. The van der Waals surface area contributed by atoms with Gasteiger partial charge in [-0.05, 0) is 85.0 Å². The molecule has 182 valence electrons. The number of halogens is 1. The summed E-state index contributed by atoms with van der Waals surface area (Å²) in [5.41, 5.74) is 5.00. The van der Waals surface area contributed by atoms with Crippen molar-refractivity contribution >= 4 is 28.7 Å². The van der Waals surface area contributed by atoms with E-state index in [2.05, 4.69) is 55.0 Å². The Hall–Kier alpha value is -3.75. The van der Waals surface area contributed by atoms with Gasteiger partial charge in [0.2, 0.25) is 0 Å². The van der Waals surface area contributed by atoms with Crippen molar-refractivity contribution < 1.29 is 9.13 Å². The molecule has 2 aliphatic heterocycles. The fourth-order valence-corrected chi connectivity index (χ4v) is 5.40. The minimum absolute atomic E-state index is 0.160. The fraction of sp³-hybridized carbons (Fsp3) is 0.214. The van der Waals surface area contributed by atoms with Crippen molar-refractivity contribution in [2.24, 2.45) is 0 Å². The Kier molecular flexibility index (Phi) is 6.13. The second kappa shape index (κ2) is 9.72. The quantitative estimate of drug-likeness (QED) is 0.389. The van der Waals surface area contributed by atoms with Gasteiger partial charge in [0.25, 0.3) is 0 Å². The van der Waals surface area contributed by atoms with Crippen molar-refractivity contribution in [1.29, 1.82) is 0 Å². The zero-order valence-corrected chi connectivity index (χ0v) is 20.4. The summed E-state index contributed by atoms with van der Waals surface area (Å²) >= 11 is 5.89. The van der Waals surface area contributed by atoms with E-state index in [0.717, 1.165) is 49.1 Å². The number of ether oxygens (including phenoxy) is 1. The van der Waals surface area contributed by atoms with Gasteiger partial charge in [-0.25, -0.2) is 4.39 Å². The zero-order chi connectivity index (χ0) is 24.5. The molecule has 8 heteroatoms. The van der Waals surface area contributed by atoms with Crippen molar-refractivity contribution in [1.82, 2.24) is 14.9 Å². The summed E-state index contributed by atoms with van der Waals surface area (Å²) < 4.78 is 21.2. The smallest absolute Gasteiger partial charge is 0.174 e. The maximum atomic E-state index is 13.7. The SMILES string of the molecule is Fc1ccc(-n2cccc2[C@H]2[C@@H](c3ccccn3)NC(=S)N2c2ccc(N3CCOCC3)cc2)cc1. The Morgan fingerprint density at radius 1 is 0.861 bits per heavy atom. The van der Waals surface area contributed by atoms with E-state index in [9.17, 15) is 4.39 Å². The summed E-state index contributed by atoms with van der Waals surface area (Å²) in [5, 5.41) is 4.16. The normalized spacial score (nSPS) is 20.0. The summed E-state index contributed by atoms with van der Waals surface area (Å²) in [6, 6.07) is 24.8. The van der Waals surface area contributed by atoms with Crippen LogP contribution in [0.15, 0.2) is 91.3 Å². The number of nitrogens with one attached hydrogen (secondary N) is 1. The Balaban J connectivity index is 1.41. The fourth-order valence-electron chi connectivity index (χ4n) is 5.05. The molecule has 1 N–H and O–H groups in total. The number of thiocarbonyl (C=S) groups is 1. The minimum atomic E-state index is -0.260. The predicted molar refractivity (Wildman–Crippen MR) is 143 cm³/mol. The number of benzene rings is 2. The van der Waals surface area contributed by atoms with Gasteiger partial charge in [0, 0.05) is 48.2 Å². The van der Waals surface area contributed by atoms with Crippen molar-refractivity contribution in [3.8, 4) is 5.69 Å². The molecule has 0 saturated carbocycles. The van der Waals surface area contributed by atoms with Crippen molar-refractivity contribution in [3.05, 3.63) is 108 Å². The number of anilines is 2. The summed E-state index contributed by atoms with van der Waals surface area (Å²) in [4.78, 5) is 9.14. The van der Waals surface area contributed by atoms with Crippen LogP contribution in [0.3, 0.4) is 0 Å². The molecule has 2 aromatic carbocycles. The van der Waals surface area contributed by atoms with E-state index in [1.165, 1.54) is 17.8 Å². The number of hydrogen-bond donors (Lipinski definition) is 1. The molecule has 0 spiro atoms. The van der Waals surface area contributed by atoms with Gasteiger partial charge in [0.05, 0.1) is 24.9 Å². The third-order valence-corrected chi connectivity index (χ3v) is 7.10. The highest BCUT2D eigenvalue weighted by Gasteiger charge is 2.42. The first-order chi connectivity index (χ1) is 17.7. The summed E-state index contributed by atoms with van der Waals surface area (Å²) in [6.07, 6.45) is 3.80. The van der Waals surface area contributed by atoms with E-state index >= 15 is 0 Å². The van der Waals surface area contributed by atoms with Crippen LogP contribution in [0.2, 0.25) is 0 Å². The molecule has 6 nitrogen and oxygen atoms in total. The van der Waals surface area contributed by atoms with Gasteiger partial charge in [0.15, 0.2) is 5.11 Å². The third-order valence-electron chi connectivity index (χ3n) is 6.79. The van der Waals surface area contributed by atoms with Crippen LogP contribution in [-0.2, 0) is 4.74 Å². The molecule has 0 unspecified atom stereocenters. The zero-order valence-electron chi connectivity index (χ0n) is 19.6. The Morgan fingerprint density at radius 3 is 2.31 bits per heavy atom. The molecule has 0 amide bonds. The predicted octanol–water partition coefficient (Wildman–Crippen LogP) is 5.03. The number of pyridine rings is 1. The van der Waals surface area contributed by atoms with Gasteiger partial charge < -0.3 is 24.4 Å². The summed E-state index contributed by atoms with van der Waals surface area (Å²) in [5.74, 6) is -0.260. The number of rotatable bonds is 5. The molecule has 2 atom stereocenters. The van der Waals surface area contributed by atoms with Crippen LogP contribution in [0.1, 0.15) is 23.5 Å². The molecule has 2 aromatic heterocycles. The maximum Gasteiger partial charge on any atom is 0.174 e. The average Bonchev–Trinajstić information content (AvgIpc) is 3.54. The largest absolute Gasteiger partial charge is 0.378 e. The van der Waals surface area contributed by atoms with Crippen LogP contribution in [0.25, 0.3) is 5.69 Å². The third kappa shape index (κ3) is 4.23. The second-order valence-corrected chi connectivity index (χ2v) is 9.28. The molecule has 2 fully saturated rings. The lowest BCUT2D eigenvalue weighted by molar-refractivity contribution is 0.122. The van der Waals surface area contributed by atoms with Gasteiger partial charge in [-0.2, -0.15) is 0 Å². The van der Waals surface area contributed by atoms with Gasteiger partial charge in [-0.1, -0.05) is 6.07 Å². The van der Waals surface area contributed by atoms with Crippen LogP contribution in [0, 0.1) is 5.82 Å². The Labute approximate surface area is 214 Å². The molecule has 36 heavy (non-hydrogen) atoms. The lowest BCUT2D eigenvalue weighted by Gasteiger charge is -2.31. The van der Waals surface area contributed by atoms with Gasteiger partial charge >= 0.3 is 0 Å². The number of nitrogens with zero attached hydrogens (tertiary/aromatic N) is 4. The van der Waals surface area contributed by atoms with E-state index < -0.39 is 0 Å². The van der Waals surface area contributed by atoms with E-state index in [1.807, 2.05) is 30.5 Å². The van der Waals surface area contributed by atoms with E-state index in [1.54, 1.807) is 18.3 Å². The second-order valence-electron chi connectivity index (χ2n) is 8.89. The van der Waals surface area contributed by atoms with Crippen LogP contribution < -0.4 is 15.1 Å². The summed E-state index contributed by atoms with van der Waals surface area (Å²) in [6.45, 7) is 3.27. The topological polar surface area (TPSA) is 45.6 Å². The Morgan fingerprint density at radius 2 is 1.58 bits per heavy atom. The van der Waals surface area contributed by atoms with Crippen LogP contribution in [-0.4, -0.2) is 41.0 Å².